The highest BCUT2D eigenvalue weighted by Crippen LogP contribution is 2.22. The SMILES string of the molecule is Cn1nnc(NS(=O)(=O)c2cc(N)c(F)cc2F)n1. The Morgan fingerprint density at radius 2 is 2.00 bits per heavy atom. The van der Waals surface area contributed by atoms with E-state index in [1.165, 1.54) is 7.05 Å². The predicted molar refractivity (Wildman–Crippen MR) is 60.4 cm³/mol. The molecule has 102 valence electrons. The summed E-state index contributed by atoms with van der Waals surface area (Å²) in [4.78, 5) is 0.201. The number of nitrogen functional groups attached to an aromatic ring is 1. The Morgan fingerprint density at radius 3 is 2.58 bits per heavy atom. The zero-order valence-electron chi connectivity index (χ0n) is 9.50. The van der Waals surface area contributed by atoms with Gasteiger partial charge < -0.3 is 5.73 Å². The van der Waals surface area contributed by atoms with Crippen molar-refractivity contribution >= 4 is 21.7 Å². The van der Waals surface area contributed by atoms with Crippen LogP contribution < -0.4 is 10.5 Å². The van der Waals surface area contributed by atoms with E-state index in [9.17, 15) is 17.2 Å². The Bertz CT molecular complexity index is 729. The van der Waals surface area contributed by atoms with Crippen molar-refractivity contribution in [1.82, 2.24) is 20.2 Å². The molecule has 3 N–H and O–H groups in total. The Kier molecular flexibility index (Phi) is 3.06. The molecule has 0 atom stereocenters. The third-order valence-electron chi connectivity index (χ3n) is 2.07. The van der Waals surface area contributed by atoms with Crippen molar-refractivity contribution in [3.8, 4) is 0 Å². The van der Waals surface area contributed by atoms with E-state index >= 15 is 0 Å². The van der Waals surface area contributed by atoms with Gasteiger partial charge in [-0.15, -0.1) is 5.10 Å². The first-order valence-electron chi connectivity index (χ1n) is 4.81. The number of sulfonamides is 1. The van der Waals surface area contributed by atoms with Crippen LogP contribution in [0.25, 0.3) is 0 Å². The second-order valence-corrected chi connectivity index (χ2v) is 5.16. The molecule has 11 heteroatoms. The second-order valence-electron chi connectivity index (χ2n) is 3.51. The lowest BCUT2D eigenvalue weighted by Crippen LogP contribution is -2.16. The Balaban J connectivity index is 2.42. The zero-order valence-corrected chi connectivity index (χ0v) is 10.3. The fourth-order valence-corrected chi connectivity index (χ4v) is 2.28. The number of anilines is 2. The lowest BCUT2D eigenvalue weighted by molar-refractivity contribution is 0.553. The molecule has 0 radical (unpaired) electrons. The lowest BCUT2D eigenvalue weighted by Gasteiger charge is -2.06. The summed E-state index contributed by atoms with van der Waals surface area (Å²) in [5.74, 6) is -2.66. The molecule has 1 heterocycles. The van der Waals surface area contributed by atoms with Gasteiger partial charge in [0.05, 0.1) is 12.7 Å². The second kappa shape index (κ2) is 4.42. The number of aromatic nitrogens is 4. The molecule has 2 rings (SSSR count). The van der Waals surface area contributed by atoms with E-state index in [2.05, 4.69) is 15.4 Å². The minimum absolute atomic E-state index is 0.343. The zero-order chi connectivity index (χ0) is 14.2. The van der Waals surface area contributed by atoms with E-state index in [1.807, 2.05) is 4.72 Å². The van der Waals surface area contributed by atoms with Crippen LogP contribution in [0.15, 0.2) is 17.0 Å². The third kappa shape index (κ3) is 2.59. The number of rotatable bonds is 3. The van der Waals surface area contributed by atoms with Crippen molar-refractivity contribution in [3.63, 3.8) is 0 Å². The van der Waals surface area contributed by atoms with Crippen LogP contribution in [0.1, 0.15) is 0 Å². The van der Waals surface area contributed by atoms with Crippen LogP contribution in [0.5, 0.6) is 0 Å². The fourth-order valence-electron chi connectivity index (χ4n) is 1.25. The highest BCUT2D eigenvalue weighted by Gasteiger charge is 2.23. The summed E-state index contributed by atoms with van der Waals surface area (Å²) in [7, 11) is -2.90. The van der Waals surface area contributed by atoms with Gasteiger partial charge in [0.25, 0.3) is 16.0 Å². The largest absolute Gasteiger partial charge is 0.396 e. The van der Waals surface area contributed by atoms with Crippen molar-refractivity contribution in [2.45, 2.75) is 4.90 Å². The third-order valence-corrected chi connectivity index (χ3v) is 3.42. The van der Waals surface area contributed by atoms with Crippen LogP contribution in [-0.2, 0) is 17.1 Å². The first-order valence-corrected chi connectivity index (χ1v) is 6.29. The van der Waals surface area contributed by atoms with Crippen molar-refractivity contribution < 1.29 is 17.2 Å². The topological polar surface area (TPSA) is 116 Å². The van der Waals surface area contributed by atoms with E-state index in [4.69, 9.17) is 5.73 Å². The van der Waals surface area contributed by atoms with E-state index in [-0.39, 0.29) is 5.95 Å². The maximum absolute atomic E-state index is 13.5. The van der Waals surface area contributed by atoms with Crippen LogP contribution in [-0.4, -0.2) is 28.6 Å². The Hall–Kier alpha value is -2.30. The Labute approximate surface area is 106 Å². The molecular formula is C8H8F2N6O2S. The van der Waals surface area contributed by atoms with E-state index in [0.29, 0.717) is 12.1 Å². The van der Waals surface area contributed by atoms with Crippen molar-refractivity contribution in [2.75, 3.05) is 10.5 Å². The van der Waals surface area contributed by atoms with Gasteiger partial charge >= 0.3 is 0 Å². The molecular weight excluding hydrogens is 282 g/mol. The van der Waals surface area contributed by atoms with Gasteiger partial charge in [-0.05, 0) is 11.3 Å². The monoisotopic (exact) mass is 290 g/mol. The smallest absolute Gasteiger partial charge is 0.277 e. The predicted octanol–water partition coefficient (Wildman–Crippen LogP) is -0.129. The summed E-state index contributed by atoms with van der Waals surface area (Å²) in [5.41, 5.74) is 4.71. The number of nitrogens with zero attached hydrogens (tertiary/aromatic N) is 4. The van der Waals surface area contributed by atoms with Crippen molar-refractivity contribution in [1.29, 1.82) is 0 Å². The normalized spacial score (nSPS) is 11.5. The molecule has 1 aromatic heterocycles. The van der Waals surface area contributed by atoms with Crippen molar-refractivity contribution in [2.24, 2.45) is 7.05 Å². The van der Waals surface area contributed by atoms with Crippen molar-refractivity contribution in [3.05, 3.63) is 23.8 Å². The minimum atomic E-state index is -4.32. The molecule has 8 nitrogen and oxygen atoms in total. The lowest BCUT2D eigenvalue weighted by atomic mass is 10.3. The number of halogens is 2. The van der Waals surface area contributed by atoms with Crippen LogP contribution in [0.3, 0.4) is 0 Å². The minimum Gasteiger partial charge on any atom is -0.396 e. The summed E-state index contributed by atoms with van der Waals surface area (Å²) in [6.45, 7) is 0. The number of benzene rings is 1. The maximum atomic E-state index is 13.5. The van der Waals surface area contributed by atoms with Crippen LogP contribution in [0.2, 0.25) is 0 Å². The van der Waals surface area contributed by atoms with Gasteiger partial charge in [-0.25, -0.2) is 21.9 Å². The summed E-state index contributed by atoms with van der Waals surface area (Å²) >= 11 is 0. The number of nitrogens with two attached hydrogens (primary N) is 1. The molecule has 2 aromatic rings. The summed E-state index contributed by atoms with van der Waals surface area (Å²) in [5, 5.41) is 10.3. The van der Waals surface area contributed by atoms with Crippen LogP contribution in [0.4, 0.5) is 20.4 Å². The van der Waals surface area contributed by atoms with Gasteiger partial charge in [0, 0.05) is 6.07 Å². The molecule has 0 saturated heterocycles. The molecule has 0 aliphatic rings. The van der Waals surface area contributed by atoms with Gasteiger partial charge in [0.2, 0.25) is 0 Å². The first kappa shape index (κ1) is 13.1. The summed E-state index contributed by atoms with van der Waals surface area (Å²) in [6.07, 6.45) is 0. The molecule has 1 aromatic carbocycles. The number of hydrogen-bond donors (Lipinski definition) is 2. The quantitative estimate of drug-likeness (QED) is 0.761. The standard InChI is InChI=1S/C8H8F2N6O2S/c1-16-13-8(12-15-16)14-19(17,18)7-3-6(11)4(9)2-5(7)10/h2-3H,11H2,1H3,(H,13,14). The average Bonchev–Trinajstić information content (AvgIpc) is 2.68. The highest BCUT2D eigenvalue weighted by molar-refractivity contribution is 7.92. The molecule has 0 spiro atoms. The number of hydrogen-bond acceptors (Lipinski definition) is 6. The first-order chi connectivity index (χ1) is 8.79. The molecule has 0 aliphatic carbocycles. The summed E-state index contributed by atoms with van der Waals surface area (Å²) < 4.78 is 52.0. The highest BCUT2D eigenvalue weighted by atomic mass is 32.2. The Morgan fingerprint density at radius 1 is 1.32 bits per heavy atom. The molecule has 0 bridgehead atoms. The molecule has 0 unspecified atom stereocenters. The molecule has 0 fully saturated rings. The molecule has 19 heavy (non-hydrogen) atoms. The van der Waals surface area contributed by atoms with E-state index < -0.39 is 32.2 Å². The molecule has 0 amide bonds. The van der Waals surface area contributed by atoms with Crippen LogP contribution in [0, 0.1) is 11.6 Å². The molecule has 0 aliphatic heterocycles. The van der Waals surface area contributed by atoms with Gasteiger partial charge in [-0.3, -0.25) is 0 Å². The number of nitrogens with one attached hydrogen (secondary N) is 1. The van der Waals surface area contributed by atoms with E-state index in [1.54, 1.807) is 0 Å². The average molecular weight is 290 g/mol. The van der Waals surface area contributed by atoms with Gasteiger partial charge in [0.15, 0.2) is 0 Å². The number of tetrazole rings is 1. The summed E-state index contributed by atoms with van der Waals surface area (Å²) in [6, 6.07) is 1.05. The van der Waals surface area contributed by atoms with Crippen LogP contribution >= 0.6 is 0 Å². The van der Waals surface area contributed by atoms with Gasteiger partial charge in [-0.2, -0.15) is 4.80 Å². The number of aryl methyl sites for hydroxylation is 1. The van der Waals surface area contributed by atoms with Gasteiger partial charge in [0.1, 0.15) is 16.5 Å². The van der Waals surface area contributed by atoms with E-state index in [0.717, 1.165) is 4.80 Å². The van der Waals surface area contributed by atoms with Gasteiger partial charge in [-0.1, -0.05) is 5.10 Å². The fraction of sp³-hybridized carbons (Fsp3) is 0.125. The maximum Gasteiger partial charge on any atom is 0.277 e. The molecule has 0 saturated carbocycles.